The number of benzene rings is 2. The molecule has 1 atom stereocenters. The molecular formula is C17H14Cl2N2. The Kier molecular flexibility index (Phi) is 4.00. The van der Waals surface area contributed by atoms with Crippen LogP contribution >= 0.6 is 23.2 Å². The molecule has 3 aromatic rings. The Bertz CT molecular complexity index is 781. The van der Waals surface area contributed by atoms with Gasteiger partial charge in [0.1, 0.15) is 5.82 Å². The van der Waals surface area contributed by atoms with Crippen molar-refractivity contribution in [1.82, 2.24) is 4.98 Å². The zero-order valence-corrected chi connectivity index (χ0v) is 13.0. The lowest BCUT2D eigenvalue weighted by atomic mass is 10.1. The topological polar surface area (TPSA) is 24.9 Å². The number of anilines is 1. The quantitative estimate of drug-likeness (QED) is 0.669. The van der Waals surface area contributed by atoms with Crippen molar-refractivity contribution in [3.63, 3.8) is 0 Å². The number of nitrogens with one attached hydrogen (secondary N) is 1. The van der Waals surface area contributed by atoms with E-state index in [0.717, 1.165) is 22.2 Å². The fourth-order valence-electron chi connectivity index (χ4n) is 2.37. The van der Waals surface area contributed by atoms with Crippen LogP contribution in [0.4, 0.5) is 5.82 Å². The zero-order chi connectivity index (χ0) is 14.8. The van der Waals surface area contributed by atoms with Gasteiger partial charge in [0, 0.05) is 21.6 Å². The Hall–Kier alpha value is -1.77. The van der Waals surface area contributed by atoms with Gasteiger partial charge in [-0.2, -0.15) is 0 Å². The monoisotopic (exact) mass is 316 g/mol. The summed E-state index contributed by atoms with van der Waals surface area (Å²) in [5.74, 6) is 0.853. The van der Waals surface area contributed by atoms with Crippen LogP contribution in [0.15, 0.2) is 54.7 Å². The van der Waals surface area contributed by atoms with Gasteiger partial charge in [0.05, 0.1) is 6.04 Å². The molecule has 2 aromatic carbocycles. The molecule has 1 unspecified atom stereocenters. The Balaban J connectivity index is 1.94. The van der Waals surface area contributed by atoms with Gasteiger partial charge in [0.2, 0.25) is 0 Å². The Morgan fingerprint density at radius 1 is 1.05 bits per heavy atom. The molecule has 0 fully saturated rings. The Labute approximate surface area is 133 Å². The first-order valence-corrected chi connectivity index (χ1v) is 7.46. The van der Waals surface area contributed by atoms with Crippen LogP contribution in [0.2, 0.25) is 10.0 Å². The molecule has 0 aliphatic heterocycles. The fraction of sp³-hybridized carbons (Fsp3) is 0.118. The summed E-state index contributed by atoms with van der Waals surface area (Å²) in [6.45, 7) is 2.05. The minimum Gasteiger partial charge on any atom is -0.363 e. The van der Waals surface area contributed by atoms with E-state index >= 15 is 0 Å². The maximum absolute atomic E-state index is 6.26. The summed E-state index contributed by atoms with van der Waals surface area (Å²) in [7, 11) is 0. The SMILES string of the molecule is CC(Nc1nccc2ccccc12)c1ccc(Cl)cc1Cl. The summed E-state index contributed by atoms with van der Waals surface area (Å²) in [6, 6.07) is 15.7. The standard InChI is InChI=1S/C17H14Cl2N2/c1-11(14-7-6-13(18)10-16(14)19)21-17-15-5-3-2-4-12(15)8-9-20-17/h2-11H,1H3,(H,20,21). The minimum absolute atomic E-state index is 0.0353. The summed E-state index contributed by atoms with van der Waals surface area (Å²) in [6.07, 6.45) is 1.81. The van der Waals surface area contributed by atoms with Gasteiger partial charge in [0.25, 0.3) is 0 Å². The zero-order valence-electron chi connectivity index (χ0n) is 11.5. The normalized spacial score (nSPS) is 12.3. The highest BCUT2D eigenvalue weighted by Gasteiger charge is 2.12. The summed E-state index contributed by atoms with van der Waals surface area (Å²) < 4.78 is 0. The predicted octanol–water partition coefficient (Wildman–Crippen LogP) is 5.71. The third-order valence-corrected chi connectivity index (χ3v) is 4.02. The molecule has 1 heterocycles. The number of pyridine rings is 1. The number of halogens is 2. The van der Waals surface area contributed by atoms with E-state index in [1.807, 2.05) is 30.3 Å². The molecule has 0 aliphatic rings. The van der Waals surface area contributed by atoms with Crippen molar-refractivity contribution in [3.05, 3.63) is 70.3 Å². The molecule has 2 nitrogen and oxygen atoms in total. The van der Waals surface area contributed by atoms with Crippen molar-refractivity contribution in [2.75, 3.05) is 5.32 Å². The van der Waals surface area contributed by atoms with Crippen molar-refractivity contribution in [2.24, 2.45) is 0 Å². The highest BCUT2D eigenvalue weighted by molar-refractivity contribution is 6.35. The second-order valence-corrected chi connectivity index (χ2v) is 5.76. The molecule has 0 bridgehead atoms. The smallest absolute Gasteiger partial charge is 0.134 e. The van der Waals surface area contributed by atoms with Crippen LogP contribution in [0.3, 0.4) is 0 Å². The second kappa shape index (κ2) is 5.92. The van der Waals surface area contributed by atoms with Crippen LogP contribution in [0.1, 0.15) is 18.5 Å². The van der Waals surface area contributed by atoms with Gasteiger partial charge in [-0.1, -0.05) is 53.5 Å². The highest BCUT2D eigenvalue weighted by atomic mass is 35.5. The second-order valence-electron chi connectivity index (χ2n) is 4.91. The van der Waals surface area contributed by atoms with Gasteiger partial charge >= 0.3 is 0 Å². The molecule has 0 radical (unpaired) electrons. The summed E-state index contributed by atoms with van der Waals surface area (Å²) >= 11 is 12.2. The largest absolute Gasteiger partial charge is 0.363 e. The van der Waals surface area contributed by atoms with E-state index in [4.69, 9.17) is 23.2 Å². The van der Waals surface area contributed by atoms with Crippen LogP contribution in [-0.2, 0) is 0 Å². The van der Waals surface area contributed by atoms with Crippen molar-refractivity contribution < 1.29 is 0 Å². The lowest BCUT2D eigenvalue weighted by Gasteiger charge is -2.17. The molecule has 3 rings (SSSR count). The van der Waals surface area contributed by atoms with Crippen molar-refractivity contribution in [1.29, 1.82) is 0 Å². The molecule has 4 heteroatoms. The molecular weight excluding hydrogens is 303 g/mol. The third-order valence-electron chi connectivity index (χ3n) is 3.46. The third kappa shape index (κ3) is 2.97. The maximum atomic E-state index is 6.26. The molecule has 0 saturated carbocycles. The number of rotatable bonds is 3. The van der Waals surface area contributed by atoms with Gasteiger partial charge in [-0.25, -0.2) is 4.98 Å². The van der Waals surface area contributed by atoms with E-state index in [1.165, 1.54) is 0 Å². The van der Waals surface area contributed by atoms with Crippen molar-refractivity contribution >= 4 is 39.8 Å². The molecule has 0 amide bonds. The van der Waals surface area contributed by atoms with E-state index in [9.17, 15) is 0 Å². The Morgan fingerprint density at radius 3 is 2.67 bits per heavy atom. The minimum atomic E-state index is 0.0353. The van der Waals surface area contributed by atoms with E-state index in [-0.39, 0.29) is 6.04 Å². The molecule has 0 saturated heterocycles. The average Bonchev–Trinajstić information content (AvgIpc) is 2.47. The van der Waals surface area contributed by atoms with Gasteiger partial charge in [-0.05, 0) is 36.1 Å². The fourth-order valence-corrected chi connectivity index (χ4v) is 2.94. The molecule has 1 aromatic heterocycles. The van der Waals surface area contributed by atoms with E-state index in [0.29, 0.717) is 10.0 Å². The van der Waals surface area contributed by atoms with Crippen LogP contribution in [0, 0.1) is 0 Å². The van der Waals surface area contributed by atoms with E-state index in [2.05, 4.69) is 29.4 Å². The number of aromatic nitrogens is 1. The predicted molar refractivity (Wildman–Crippen MR) is 90.2 cm³/mol. The maximum Gasteiger partial charge on any atom is 0.134 e. The molecule has 1 N–H and O–H groups in total. The first kappa shape index (κ1) is 14.2. The van der Waals surface area contributed by atoms with Crippen LogP contribution < -0.4 is 5.32 Å². The lowest BCUT2D eigenvalue weighted by molar-refractivity contribution is 0.878. The number of hydrogen-bond donors (Lipinski definition) is 1. The number of nitrogens with zero attached hydrogens (tertiary/aromatic N) is 1. The van der Waals surface area contributed by atoms with Gasteiger partial charge < -0.3 is 5.32 Å². The molecule has 106 valence electrons. The van der Waals surface area contributed by atoms with Gasteiger partial charge in [-0.3, -0.25) is 0 Å². The van der Waals surface area contributed by atoms with E-state index in [1.54, 1.807) is 12.3 Å². The van der Waals surface area contributed by atoms with Crippen LogP contribution in [-0.4, -0.2) is 4.98 Å². The van der Waals surface area contributed by atoms with Gasteiger partial charge in [0.15, 0.2) is 0 Å². The highest BCUT2D eigenvalue weighted by Crippen LogP contribution is 2.30. The lowest BCUT2D eigenvalue weighted by Crippen LogP contribution is -2.08. The van der Waals surface area contributed by atoms with Crippen molar-refractivity contribution in [2.45, 2.75) is 13.0 Å². The molecule has 0 aliphatic carbocycles. The van der Waals surface area contributed by atoms with Crippen LogP contribution in [0.5, 0.6) is 0 Å². The van der Waals surface area contributed by atoms with E-state index < -0.39 is 0 Å². The van der Waals surface area contributed by atoms with Gasteiger partial charge in [-0.15, -0.1) is 0 Å². The average molecular weight is 317 g/mol. The summed E-state index contributed by atoms with van der Waals surface area (Å²) in [5.41, 5.74) is 0.996. The number of fused-ring (bicyclic) bond motifs is 1. The molecule has 21 heavy (non-hydrogen) atoms. The van der Waals surface area contributed by atoms with Crippen LogP contribution in [0.25, 0.3) is 10.8 Å². The molecule has 0 spiro atoms. The summed E-state index contributed by atoms with van der Waals surface area (Å²) in [4.78, 5) is 4.44. The van der Waals surface area contributed by atoms with Crippen molar-refractivity contribution in [3.8, 4) is 0 Å². The summed E-state index contributed by atoms with van der Waals surface area (Å²) in [5, 5.41) is 6.97. The first-order valence-electron chi connectivity index (χ1n) is 6.70. The number of hydrogen-bond acceptors (Lipinski definition) is 2. The Morgan fingerprint density at radius 2 is 1.86 bits per heavy atom. The first-order chi connectivity index (χ1) is 10.1.